The molecule has 0 bridgehead atoms. The van der Waals surface area contributed by atoms with Crippen LogP contribution in [0.3, 0.4) is 0 Å². The van der Waals surface area contributed by atoms with E-state index in [2.05, 4.69) is 11.9 Å². The monoisotopic (exact) mass is 337 g/mol. The van der Waals surface area contributed by atoms with Gasteiger partial charge < -0.3 is 5.32 Å². The highest BCUT2D eigenvalue weighted by Crippen LogP contribution is 2.15. The highest BCUT2D eigenvalue weighted by molar-refractivity contribution is 7.85. The summed E-state index contributed by atoms with van der Waals surface area (Å²) in [6.45, 7) is 4.87. The number of halogens is 3. The number of sulfonamides is 1. The molecule has 0 radical (unpaired) electrons. The molecule has 0 unspecified atom stereocenters. The van der Waals surface area contributed by atoms with Gasteiger partial charge in [0.25, 0.3) is 5.91 Å². The molecule has 0 saturated heterocycles. The summed E-state index contributed by atoms with van der Waals surface area (Å²) in [6.07, 6.45) is -5.26. The van der Waals surface area contributed by atoms with Crippen LogP contribution in [-0.4, -0.2) is 26.4 Å². The molecule has 0 atom stereocenters. The van der Waals surface area contributed by atoms with Crippen LogP contribution < -0.4 is 10.0 Å². The number of anilines is 1. The Balaban J connectivity index is 2.92. The summed E-state index contributed by atoms with van der Waals surface area (Å²) in [7, 11) is -4.53. The van der Waals surface area contributed by atoms with E-state index in [1.807, 2.05) is 0 Å². The molecule has 120 valence electrons. The van der Waals surface area contributed by atoms with E-state index in [0.29, 0.717) is 0 Å². The molecule has 0 aliphatic heterocycles. The first kappa shape index (κ1) is 17.9. The molecular weight excluding hydrogens is 325 g/mol. The van der Waals surface area contributed by atoms with Crippen molar-refractivity contribution in [2.24, 2.45) is 0 Å². The van der Waals surface area contributed by atoms with Crippen LogP contribution in [-0.2, 0) is 19.6 Å². The zero-order valence-electron chi connectivity index (χ0n) is 11.3. The Morgan fingerprint density at radius 3 is 2.09 bits per heavy atom. The Labute approximate surface area is 124 Å². The predicted molar refractivity (Wildman–Crippen MR) is 70.1 cm³/mol. The maximum atomic E-state index is 12.1. The van der Waals surface area contributed by atoms with E-state index in [9.17, 15) is 31.2 Å². The van der Waals surface area contributed by atoms with E-state index < -0.39 is 32.9 Å². The molecule has 0 spiro atoms. The molecule has 0 aliphatic rings. The number of hydrogen-bond donors (Lipinski definition) is 2. The number of benzene rings is 1. The van der Waals surface area contributed by atoms with Gasteiger partial charge in [0.05, 0.1) is 0 Å². The number of amides is 2. The lowest BCUT2D eigenvalue weighted by molar-refractivity contribution is -0.437. The number of hydrogen-bond acceptors (Lipinski definition) is 4. The van der Waals surface area contributed by atoms with Gasteiger partial charge in [0.1, 0.15) is 4.90 Å². The minimum Gasteiger partial charge on any atom is -0.322 e. The standard InChI is InChI=1S/C12H11F3N2O4S/c1-7(2)10(18)16-8-3-5-9(6-4-8)22(20,21)17-11(19)12(13,14)15/h3-6H,1H2,2H3,(H,16,18)(H,17,19)/p+1. The van der Waals surface area contributed by atoms with Gasteiger partial charge in [0.2, 0.25) is 0 Å². The summed E-state index contributed by atoms with van der Waals surface area (Å²) in [4.78, 5) is 21.6. The van der Waals surface area contributed by atoms with Crippen molar-refractivity contribution in [2.45, 2.75) is 18.0 Å². The quantitative estimate of drug-likeness (QED) is 0.784. The first-order chi connectivity index (χ1) is 9.93. The second-order valence-electron chi connectivity index (χ2n) is 4.28. The third-order valence-electron chi connectivity index (χ3n) is 2.37. The zero-order valence-corrected chi connectivity index (χ0v) is 12.1. The SMILES string of the molecule is C=C(C)C(=O)Nc1ccc(S(=O)(=O)[NH2+]C(=O)C(F)(F)F)cc1. The first-order valence-electron chi connectivity index (χ1n) is 5.71. The Kier molecular flexibility index (Phi) is 5.09. The fraction of sp³-hybridized carbons (Fsp3) is 0.167. The van der Waals surface area contributed by atoms with Crippen molar-refractivity contribution in [1.82, 2.24) is 0 Å². The summed E-state index contributed by atoms with van der Waals surface area (Å²) in [5, 5.41) is 2.39. The van der Waals surface area contributed by atoms with Crippen molar-refractivity contribution < 1.29 is 35.9 Å². The van der Waals surface area contributed by atoms with Crippen molar-refractivity contribution in [2.75, 3.05) is 5.32 Å². The smallest absolute Gasteiger partial charge is 0.322 e. The molecular formula is C12H12F3N2O4S+. The number of carbonyl (C=O) groups is 2. The topological polar surface area (TPSA) is 96.9 Å². The van der Waals surface area contributed by atoms with Crippen molar-refractivity contribution in [3.05, 3.63) is 36.4 Å². The maximum absolute atomic E-state index is 12.1. The molecule has 1 aromatic carbocycles. The second-order valence-corrected chi connectivity index (χ2v) is 6.08. The van der Waals surface area contributed by atoms with E-state index >= 15 is 0 Å². The third kappa shape index (κ3) is 4.67. The van der Waals surface area contributed by atoms with E-state index in [4.69, 9.17) is 0 Å². The number of primary sulfonamides is 1. The van der Waals surface area contributed by atoms with Crippen LogP contribution in [0.4, 0.5) is 18.9 Å². The fourth-order valence-electron chi connectivity index (χ4n) is 1.24. The lowest BCUT2D eigenvalue weighted by Gasteiger charge is -2.06. The number of rotatable bonds is 4. The van der Waals surface area contributed by atoms with Gasteiger partial charge in [-0.15, -0.1) is 0 Å². The van der Waals surface area contributed by atoms with Gasteiger partial charge in [-0.3, -0.25) is 4.79 Å². The van der Waals surface area contributed by atoms with E-state index in [-0.39, 0.29) is 16.0 Å². The van der Waals surface area contributed by atoms with Crippen molar-refractivity contribution in [1.29, 1.82) is 0 Å². The number of quaternary nitrogens is 1. The van der Waals surface area contributed by atoms with Crippen LogP contribution in [0.1, 0.15) is 6.92 Å². The van der Waals surface area contributed by atoms with Gasteiger partial charge >= 0.3 is 22.1 Å². The Morgan fingerprint density at radius 2 is 1.68 bits per heavy atom. The number of carbonyl (C=O) groups excluding carboxylic acids is 2. The summed E-state index contributed by atoms with van der Waals surface area (Å²) in [5.41, 5.74) is 0.454. The van der Waals surface area contributed by atoms with Crippen LogP contribution >= 0.6 is 0 Å². The summed E-state index contributed by atoms with van der Waals surface area (Å²) < 4.78 is 59.2. The van der Waals surface area contributed by atoms with E-state index in [1.165, 1.54) is 19.1 Å². The molecule has 10 heteroatoms. The predicted octanol–water partition coefficient (Wildman–Crippen LogP) is 0.542. The highest BCUT2D eigenvalue weighted by Gasteiger charge is 2.46. The molecule has 0 fully saturated rings. The molecule has 1 rings (SSSR count). The largest absolute Gasteiger partial charge is 0.510 e. The number of nitrogens with two attached hydrogens (primary N) is 1. The number of nitrogens with one attached hydrogen (secondary N) is 1. The Bertz CT molecular complexity index is 709. The first-order valence-corrected chi connectivity index (χ1v) is 7.26. The van der Waals surface area contributed by atoms with Crippen molar-refractivity contribution in [3.8, 4) is 0 Å². The number of alkyl halides is 3. The van der Waals surface area contributed by atoms with Gasteiger partial charge in [-0.2, -0.15) is 26.3 Å². The highest BCUT2D eigenvalue weighted by atomic mass is 32.2. The minimum atomic E-state index is -5.26. The van der Waals surface area contributed by atoms with Crippen LogP contribution in [0.25, 0.3) is 0 Å². The summed E-state index contributed by atoms with van der Waals surface area (Å²) in [5.74, 6) is -2.96. The Morgan fingerprint density at radius 1 is 1.18 bits per heavy atom. The third-order valence-corrected chi connectivity index (χ3v) is 3.82. The summed E-state index contributed by atoms with van der Waals surface area (Å²) >= 11 is 0. The van der Waals surface area contributed by atoms with E-state index in [1.54, 1.807) is 0 Å². The number of primary amides is 1. The molecule has 1 aromatic rings. The molecule has 0 aromatic heterocycles. The van der Waals surface area contributed by atoms with Gasteiger partial charge in [0, 0.05) is 11.3 Å². The zero-order chi connectivity index (χ0) is 17.1. The molecule has 0 saturated carbocycles. The molecule has 6 nitrogen and oxygen atoms in total. The minimum absolute atomic E-state index is 0.223. The Hall–Kier alpha value is -2.20. The molecule has 22 heavy (non-hydrogen) atoms. The lowest BCUT2D eigenvalue weighted by atomic mass is 10.3. The van der Waals surface area contributed by atoms with Crippen molar-refractivity contribution >= 4 is 27.5 Å². The van der Waals surface area contributed by atoms with Crippen LogP contribution in [0.15, 0.2) is 41.3 Å². The molecule has 0 aliphatic carbocycles. The second kappa shape index (κ2) is 6.28. The van der Waals surface area contributed by atoms with Crippen molar-refractivity contribution in [3.63, 3.8) is 0 Å². The average Bonchev–Trinajstić information content (AvgIpc) is 2.37. The maximum Gasteiger partial charge on any atom is 0.510 e. The van der Waals surface area contributed by atoms with Crippen LogP contribution in [0.2, 0.25) is 0 Å². The molecule has 2 amide bonds. The van der Waals surface area contributed by atoms with Gasteiger partial charge in [-0.05, 0) is 31.2 Å². The molecule has 0 heterocycles. The summed E-state index contributed by atoms with van der Waals surface area (Å²) in [6, 6.07) is 4.31. The van der Waals surface area contributed by atoms with Crippen LogP contribution in [0, 0.1) is 0 Å². The van der Waals surface area contributed by atoms with Gasteiger partial charge in [-0.1, -0.05) is 6.58 Å². The van der Waals surface area contributed by atoms with Gasteiger partial charge in [0.15, 0.2) is 0 Å². The van der Waals surface area contributed by atoms with E-state index in [0.717, 1.165) is 12.1 Å². The normalized spacial score (nSPS) is 11.8. The molecule has 3 N–H and O–H groups in total. The fourth-order valence-corrected chi connectivity index (χ4v) is 2.31. The van der Waals surface area contributed by atoms with Gasteiger partial charge in [-0.25, -0.2) is 4.79 Å². The van der Waals surface area contributed by atoms with Crippen LogP contribution in [0.5, 0.6) is 0 Å². The average molecular weight is 337 g/mol. The lowest BCUT2D eigenvalue weighted by Crippen LogP contribution is -2.93.